The first-order valence-corrected chi connectivity index (χ1v) is 7.58. The van der Waals surface area contributed by atoms with Gasteiger partial charge in [-0.2, -0.15) is 0 Å². The molecule has 1 aromatic rings. The molecular weight excluding hydrogens is 290 g/mol. The van der Waals surface area contributed by atoms with E-state index in [1.54, 1.807) is 14.2 Å². The summed E-state index contributed by atoms with van der Waals surface area (Å²) < 4.78 is 16.3. The highest BCUT2D eigenvalue weighted by Crippen LogP contribution is 2.36. The lowest BCUT2D eigenvalue weighted by Crippen LogP contribution is -2.19. The molecule has 120 valence electrons. The summed E-state index contributed by atoms with van der Waals surface area (Å²) in [6, 6.07) is 3.86. The van der Waals surface area contributed by atoms with Crippen molar-refractivity contribution in [1.82, 2.24) is 5.32 Å². The van der Waals surface area contributed by atoms with Crippen molar-refractivity contribution in [2.45, 2.75) is 33.4 Å². The minimum Gasteiger partial charge on any atom is -0.493 e. The number of methoxy groups -OCH3 is 2. The molecule has 0 spiro atoms. The van der Waals surface area contributed by atoms with Gasteiger partial charge in [0.2, 0.25) is 0 Å². The highest BCUT2D eigenvalue weighted by Gasteiger charge is 2.13. The molecule has 1 aromatic carbocycles. The summed E-state index contributed by atoms with van der Waals surface area (Å²) in [5.41, 5.74) is 1.07. The van der Waals surface area contributed by atoms with Crippen molar-refractivity contribution in [1.29, 1.82) is 0 Å². The predicted octanol–water partition coefficient (Wildman–Crippen LogP) is 3.51. The van der Waals surface area contributed by atoms with Gasteiger partial charge < -0.3 is 19.5 Å². The molecule has 0 aliphatic carbocycles. The van der Waals surface area contributed by atoms with E-state index in [1.165, 1.54) is 0 Å². The Bertz CT molecular complexity index is 438. The normalized spacial score (nSPS) is 12.5. The molecule has 0 radical (unpaired) electrons. The van der Waals surface area contributed by atoms with E-state index in [0.29, 0.717) is 29.0 Å². The van der Waals surface area contributed by atoms with Crippen LogP contribution in [-0.4, -0.2) is 33.5 Å². The van der Waals surface area contributed by atoms with E-state index in [4.69, 9.17) is 25.8 Å². The molecule has 0 aliphatic heterocycles. The summed E-state index contributed by atoms with van der Waals surface area (Å²) in [6.07, 6.45) is -0.00171. The average Bonchev–Trinajstić information content (AvgIpc) is 2.44. The first-order chi connectivity index (χ1) is 9.97. The molecular formula is C16H26ClNO3. The fourth-order valence-corrected chi connectivity index (χ4v) is 2.08. The molecule has 1 unspecified atom stereocenters. The molecule has 1 N–H and O–H groups in total. The Labute approximate surface area is 132 Å². The number of nitrogens with one attached hydrogen (secondary N) is 1. The molecule has 21 heavy (non-hydrogen) atoms. The Balaban J connectivity index is 2.76. The third-order valence-electron chi connectivity index (χ3n) is 3.04. The molecule has 4 nitrogen and oxygen atoms in total. The van der Waals surface area contributed by atoms with E-state index >= 15 is 0 Å². The first kappa shape index (κ1) is 18.1. The van der Waals surface area contributed by atoms with Crippen LogP contribution in [0.4, 0.5) is 0 Å². The van der Waals surface area contributed by atoms with Crippen LogP contribution in [-0.2, 0) is 11.3 Å². The number of hydrogen-bond acceptors (Lipinski definition) is 4. The third-order valence-corrected chi connectivity index (χ3v) is 3.32. The molecule has 0 amide bonds. The number of benzene rings is 1. The van der Waals surface area contributed by atoms with Gasteiger partial charge in [-0.3, -0.25) is 0 Å². The first-order valence-electron chi connectivity index (χ1n) is 7.20. The molecule has 1 atom stereocenters. The predicted molar refractivity (Wildman–Crippen MR) is 86.5 cm³/mol. The summed E-state index contributed by atoms with van der Waals surface area (Å²) in [4.78, 5) is 0. The summed E-state index contributed by atoms with van der Waals surface area (Å²) in [6.45, 7) is 8.43. The van der Waals surface area contributed by atoms with Gasteiger partial charge in [-0.25, -0.2) is 0 Å². The van der Waals surface area contributed by atoms with Crippen molar-refractivity contribution in [2.24, 2.45) is 5.92 Å². The molecule has 5 heteroatoms. The molecule has 0 heterocycles. The van der Waals surface area contributed by atoms with Crippen LogP contribution in [0.1, 0.15) is 26.3 Å². The highest BCUT2D eigenvalue weighted by atomic mass is 35.5. The maximum Gasteiger partial charge on any atom is 0.179 e. The van der Waals surface area contributed by atoms with Crippen molar-refractivity contribution >= 4 is 11.6 Å². The number of hydrogen-bond donors (Lipinski definition) is 1. The molecule has 0 bridgehead atoms. The van der Waals surface area contributed by atoms with Crippen molar-refractivity contribution in [2.75, 3.05) is 27.4 Å². The van der Waals surface area contributed by atoms with Crippen LogP contribution in [0.5, 0.6) is 11.5 Å². The Morgan fingerprint density at radius 3 is 2.48 bits per heavy atom. The van der Waals surface area contributed by atoms with Crippen molar-refractivity contribution in [3.8, 4) is 11.5 Å². The third kappa shape index (κ3) is 6.12. The molecule has 0 fully saturated rings. The minimum atomic E-state index is -0.00171. The zero-order chi connectivity index (χ0) is 15.8. The van der Waals surface area contributed by atoms with Gasteiger partial charge in [0.15, 0.2) is 11.5 Å². The van der Waals surface area contributed by atoms with Crippen LogP contribution in [0.15, 0.2) is 12.1 Å². The number of rotatable bonds is 9. The molecule has 0 saturated carbocycles. The standard InChI is InChI=1S/C16H26ClNO3/c1-11(2)8-18-9-13-6-14(17)16(15(7-13)20-5)21-10-12(3)19-4/h6-7,11-12,18H,8-10H2,1-5H3. The smallest absolute Gasteiger partial charge is 0.179 e. The lowest BCUT2D eigenvalue weighted by Gasteiger charge is -2.17. The van der Waals surface area contributed by atoms with Crippen LogP contribution >= 0.6 is 11.6 Å². The highest BCUT2D eigenvalue weighted by molar-refractivity contribution is 6.32. The number of ether oxygens (including phenoxy) is 3. The van der Waals surface area contributed by atoms with Gasteiger partial charge in [0.05, 0.1) is 18.2 Å². The fraction of sp³-hybridized carbons (Fsp3) is 0.625. The quantitative estimate of drug-likeness (QED) is 0.757. The van der Waals surface area contributed by atoms with Crippen LogP contribution < -0.4 is 14.8 Å². The second-order valence-electron chi connectivity index (χ2n) is 5.49. The Kier molecular flexibility index (Phi) is 7.86. The summed E-state index contributed by atoms with van der Waals surface area (Å²) in [7, 11) is 3.26. The fourth-order valence-electron chi connectivity index (χ4n) is 1.79. The van der Waals surface area contributed by atoms with Crippen molar-refractivity contribution < 1.29 is 14.2 Å². The van der Waals surface area contributed by atoms with Gasteiger partial charge in [-0.15, -0.1) is 0 Å². The average molecular weight is 316 g/mol. The van der Waals surface area contributed by atoms with E-state index in [-0.39, 0.29) is 6.10 Å². The second kappa shape index (κ2) is 9.13. The largest absolute Gasteiger partial charge is 0.493 e. The zero-order valence-electron chi connectivity index (χ0n) is 13.5. The molecule has 1 rings (SSSR count). The van der Waals surface area contributed by atoms with Gasteiger partial charge in [-0.05, 0) is 37.1 Å². The van der Waals surface area contributed by atoms with Gasteiger partial charge in [-0.1, -0.05) is 25.4 Å². The van der Waals surface area contributed by atoms with Gasteiger partial charge in [0.1, 0.15) is 6.61 Å². The Morgan fingerprint density at radius 2 is 1.90 bits per heavy atom. The SMILES string of the molecule is COc1cc(CNCC(C)C)cc(Cl)c1OCC(C)OC. The zero-order valence-corrected chi connectivity index (χ0v) is 14.3. The van der Waals surface area contributed by atoms with Crippen LogP contribution in [0.3, 0.4) is 0 Å². The Morgan fingerprint density at radius 1 is 1.19 bits per heavy atom. The number of halogens is 1. The minimum absolute atomic E-state index is 0.00171. The van der Waals surface area contributed by atoms with E-state index in [1.807, 2.05) is 19.1 Å². The molecule has 0 saturated heterocycles. The summed E-state index contributed by atoms with van der Waals surface area (Å²) >= 11 is 6.31. The second-order valence-corrected chi connectivity index (χ2v) is 5.90. The maximum atomic E-state index is 6.31. The van der Waals surface area contributed by atoms with Crippen LogP contribution in [0.2, 0.25) is 5.02 Å². The Hall–Kier alpha value is -0.970. The van der Waals surface area contributed by atoms with Gasteiger partial charge in [0, 0.05) is 13.7 Å². The lowest BCUT2D eigenvalue weighted by atomic mass is 10.1. The maximum absolute atomic E-state index is 6.31. The lowest BCUT2D eigenvalue weighted by molar-refractivity contribution is 0.0706. The van der Waals surface area contributed by atoms with E-state index in [0.717, 1.165) is 18.7 Å². The van der Waals surface area contributed by atoms with Crippen molar-refractivity contribution in [3.05, 3.63) is 22.7 Å². The van der Waals surface area contributed by atoms with E-state index in [2.05, 4.69) is 19.2 Å². The summed E-state index contributed by atoms with van der Waals surface area (Å²) in [5.74, 6) is 1.82. The van der Waals surface area contributed by atoms with Crippen molar-refractivity contribution in [3.63, 3.8) is 0 Å². The summed E-state index contributed by atoms with van der Waals surface area (Å²) in [5, 5.41) is 3.94. The van der Waals surface area contributed by atoms with Crippen LogP contribution in [0, 0.1) is 5.92 Å². The monoisotopic (exact) mass is 315 g/mol. The van der Waals surface area contributed by atoms with E-state index < -0.39 is 0 Å². The topological polar surface area (TPSA) is 39.7 Å². The van der Waals surface area contributed by atoms with Crippen LogP contribution in [0.25, 0.3) is 0 Å². The molecule has 0 aromatic heterocycles. The van der Waals surface area contributed by atoms with Gasteiger partial charge in [0.25, 0.3) is 0 Å². The molecule has 0 aliphatic rings. The van der Waals surface area contributed by atoms with E-state index in [9.17, 15) is 0 Å². The van der Waals surface area contributed by atoms with Gasteiger partial charge >= 0.3 is 0 Å².